The molecule has 6 rings (SSSR count). The van der Waals surface area contributed by atoms with Gasteiger partial charge in [-0.1, -0.05) is 29.8 Å². The van der Waals surface area contributed by atoms with Crippen LogP contribution >= 0.6 is 0 Å². The van der Waals surface area contributed by atoms with Gasteiger partial charge >= 0.3 is 0 Å². The number of rotatable bonds is 11. The molecule has 11 nitrogen and oxygen atoms in total. The summed E-state index contributed by atoms with van der Waals surface area (Å²) in [7, 11) is -8.29. The molecule has 4 aromatic carbocycles. The molecule has 0 unspecified atom stereocenters. The molecule has 14 heteroatoms. The third-order valence-electron chi connectivity index (χ3n) is 8.32. The lowest BCUT2D eigenvalue weighted by Gasteiger charge is -2.14. The van der Waals surface area contributed by atoms with E-state index < -0.39 is 48.7 Å². The molecule has 0 saturated heterocycles. The molecule has 0 amide bonds. The van der Waals surface area contributed by atoms with Gasteiger partial charge in [0.25, 0.3) is 10.0 Å². The molecule has 2 heterocycles. The topological polar surface area (TPSA) is 160 Å². The number of sulfone groups is 1. The summed E-state index contributed by atoms with van der Waals surface area (Å²) in [5.74, 6) is -2.62. The first kappa shape index (κ1) is 35.2. The highest BCUT2D eigenvalue weighted by molar-refractivity contribution is 7.91. The monoisotopic (exact) mass is 728 g/mol. The van der Waals surface area contributed by atoms with Gasteiger partial charge in [0.15, 0.2) is 21.4 Å². The van der Waals surface area contributed by atoms with Crippen molar-refractivity contribution in [2.24, 2.45) is 0 Å². The highest BCUT2D eigenvalue weighted by atomic mass is 32.2. The van der Waals surface area contributed by atoms with Crippen LogP contribution in [-0.2, 0) is 30.4 Å². The molecule has 0 spiro atoms. The van der Waals surface area contributed by atoms with Crippen molar-refractivity contribution in [3.8, 4) is 17.2 Å². The number of nitrogen functional groups attached to an aromatic ring is 1. The van der Waals surface area contributed by atoms with Gasteiger partial charge in [-0.2, -0.15) is 5.10 Å². The van der Waals surface area contributed by atoms with Crippen LogP contribution in [0.1, 0.15) is 45.2 Å². The fourth-order valence-electron chi connectivity index (χ4n) is 5.82. The van der Waals surface area contributed by atoms with Gasteiger partial charge < -0.3 is 10.5 Å². The highest BCUT2D eigenvalue weighted by Gasteiger charge is 2.30. The predicted octanol–water partition coefficient (Wildman–Crippen LogP) is 6.24. The molecule has 0 aliphatic rings. The lowest BCUT2D eigenvalue weighted by molar-refractivity contribution is -0.114. The van der Waals surface area contributed by atoms with Crippen molar-refractivity contribution < 1.29 is 35.6 Å². The number of aryl methyl sites for hydroxylation is 3. The van der Waals surface area contributed by atoms with Crippen LogP contribution in [0, 0.1) is 26.6 Å². The molecule has 51 heavy (non-hydrogen) atoms. The van der Waals surface area contributed by atoms with E-state index in [1.807, 2.05) is 0 Å². The molecule has 0 bridgehead atoms. The van der Waals surface area contributed by atoms with E-state index in [0.29, 0.717) is 28.0 Å². The van der Waals surface area contributed by atoms with Gasteiger partial charge in [0.05, 0.1) is 33.6 Å². The number of carbonyl (C=O) groups is 2. The maximum Gasteiger partial charge on any atom is 0.268 e. The molecule has 262 valence electrons. The summed E-state index contributed by atoms with van der Waals surface area (Å²) in [6.45, 7) is 6.41. The van der Waals surface area contributed by atoms with Gasteiger partial charge in [-0.25, -0.2) is 29.9 Å². The number of anilines is 1. The molecule has 0 aliphatic carbocycles. The lowest BCUT2D eigenvalue weighted by Crippen LogP contribution is -2.20. The van der Waals surface area contributed by atoms with Crippen molar-refractivity contribution in [1.82, 2.24) is 13.8 Å². The Hall–Kier alpha value is -5.60. The first-order chi connectivity index (χ1) is 24.1. The standard InChI is InChI=1S/C37H33FN4O7S2/c1-22-9-12-29(13-10-22)51(47,48)42-33-18-27(21-50(45,46)20-25(4)43)23(2)15-26(33)17-34(42)36(44)30-19-40-41(37(30)39)32-14-11-28(16-24(32)3)49-35-8-6-5-7-31(35)38/h5-19H,20-21,39H2,1-4H3. The number of aromatic nitrogens is 3. The Bertz CT molecular complexity index is 2590. The van der Waals surface area contributed by atoms with Crippen LogP contribution < -0.4 is 10.5 Å². The average molecular weight is 729 g/mol. The molecule has 2 aromatic heterocycles. The SMILES string of the molecule is CC(=O)CS(=O)(=O)Cc1cc2c(cc1C)cc(C(=O)c1cnn(-c3ccc(Oc4ccccc4F)cc3C)c1N)n2S(=O)(=O)c1ccc(C)cc1. The van der Waals surface area contributed by atoms with Crippen molar-refractivity contribution in [1.29, 1.82) is 0 Å². The predicted molar refractivity (Wildman–Crippen MR) is 191 cm³/mol. The Balaban J connectivity index is 1.45. The molecule has 6 aromatic rings. The van der Waals surface area contributed by atoms with Gasteiger partial charge in [0.1, 0.15) is 28.8 Å². The van der Waals surface area contributed by atoms with Gasteiger partial charge in [0, 0.05) is 5.39 Å². The summed E-state index contributed by atoms with van der Waals surface area (Å²) in [5.41, 5.74) is 9.02. The van der Waals surface area contributed by atoms with E-state index in [9.17, 15) is 30.8 Å². The number of Topliss-reactive ketones (excluding diaryl/α,β-unsaturated/α-hetero) is 1. The van der Waals surface area contributed by atoms with Gasteiger partial charge in [-0.3, -0.25) is 9.59 Å². The maximum absolute atomic E-state index is 14.3. The van der Waals surface area contributed by atoms with E-state index in [0.717, 1.165) is 9.54 Å². The summed E-state index contributed by atoms with van der Waals surface area (Å²) in [4.78, 5) is 25.8. The number of hydrogen-bond donors (Lipinski definition) is 1. The maximum atomic E-state index is 14.3. The minimum absolute atomic E-state index is 0.0483. The number of ether oxygens (including phenoxy) is 1. The highest BCUT2D eigenvalue weighted by Crippen LogP contribution is 2.33. The van der Waals surface area contributed by atoms with Crippen molar-refractivity contribution in [3.63, 3.8) is 0 Å². The van der Waals surface area contributed by atoms with Crippen LogP contribution in [0.4, 0.5) is 10.2 Å². The van der Waals surface area contributed by atoms with E-state index >= 15 is 0 Å². The Kier molecular flexibility index (Phi) is 9.16. The van der Waals surface area contributed by atoms with Crippen LogP contribution in [0.5, 0.6) is 11.5 Å². The summed E-state index contributed by atoms with van der Waals surface area (Å²) < 4.78 is 76.2. The molecular weight excluding hydrogens is 696 g/mol. The molecule has 0 aliphatic heterocycles. The molecule has 2 N–H and O–H groups in total. The van der Waals surface area contributed by atoms with Gasteiger partial charge in [-0.15, -0.1) is 0 Å². The average Bonchev–Trinajstić information content (AvgIpc) is 3.62. The van der Waals surface area contributed by atoms with E-state index in [4.69, 9.17) is 10.5 Å². The summed E-state index contributed by atoms with van der Waals surface area (Å²) in [5, 5.41) is 4.71. The zero-order valence-corrected chi connectivity index (χ0v) is 29.7. The Morgan fingerprint density at radius 1 is 0.882 bits per heavy atom. The molecule has 0 fully saturated rings. The number of halogens is 1. The van der Waals surface area contributed by atoms with Crippen LogP contribution in [-0.4, -0.2) is 47.9 Å². The first-order valence-corrected chi connectivity index (χ1v) is 18.9. The Labute approximate surface area is 294 Å². The number of hydrogen-bond acceptors (Lipinski definition) is 9. The number of nitrogens with two attached hydrogens (primary N) is 1. The minimum atomic E-state index is -4.43. The van der Waals surface area contributed by atoms with Gasteiger partial charge in [0.2, 0.25) is 5.78 Å². The molecule has 0 atom stereocenters. The summed E-state index contributed by atoms with van der Waals surface area (Å²) >= 11 is 0. The van der Waals surface area contributed by atoms with Crippen molar-refractivity contribution in [2.45, 2.75) is 38.3 Å². The van der Waals surface area contributed by atoms with E-state index in [1.54, 1.807) is 69.3 Å². The number of carbonyl (C=O) groups excluding carboxylic acids is 2. The number of nitrogens with zero attached hydrogens (tertiary/aromatic N) is 3. The molecule has 0 radical (unpaired) electrons. The number of para-hydroxylation sites is 1. The summed E-state index contributed by atoms with van der Waals surface area (Å²) in [6, 6.07) is 21.4. The molecular formula is C37H33FN4O7S2. The third kappa shape index (κ3) is 6.92. The van der Waals surface area contributed by atoms with Crippen molar-refractivity contribution in [2.75, 3.05) is 11.5 Å². The second-order valence-electron chi connectivity index (χ2n) is 12.3. The minimum Gasteiger partial charge on any atom is -0.454 e. The van der Waals surface area contributed by atoms with Crippen LogP contribution in [0.3, 0.4) is 0 Å². The zero-order valence-electron chi connectivity index (χ0n) is 28.0. The quantitative estimate of drug-likeness (QED) is 0.152. The number of ketones is 2. The second kappa shape index (κ2) is 13.3. The van der Waals surface area contributed by atoms with Crippen LogP contribution in [0.25, 0.3) is 16.6 Å². The van der Waals surface area contributed by atoms with E-state index in [-0.39, 0.29) is 38.8 Å². The van der Waals surface area contributed by atoms with Crippen LogP contribution in [0.2, 0.25) is 0 Å². The van der Waals surface area contributed by atoms with Crippen molar-refractivity contribution >= 4 is 48.1 Å². The largest absolute Gasteiger partial charge is 0.454 e. The normalized spacial score (nSPS) is 11.9. The molecule has 0 saturated carbocycles. The lowest BCUT2D eigenvalue weighted by atomic mass is 10.1. The fourth-order valence-corrected chi connectivity index (χ4v) is 8.83. The Morgan fingerprint density at radius 3 is 2.25 bits per heavy atom. The van der Waals surface area contributed by atoms with E-state index in [1.165, 1.54) is 54.2 Å². The van der Waals surface area contributed by atoms with Crippen LogP contribution in [0.15, 0.2) is 96.0 Å². The zero-order chi connectivity index (χ0) is 36.8. The second-order valence-corrected chi connectivity index (χ2v) is 16.2. The Morgan fingerprint density at radius 2 is 1.59 bits per heavy atom. The number of benzene rings is 4. The third-order valence-corrected chi connectivity index (χ3v) is 11.7. The first-order valence-electron chi connectivity index (χ1n) is 15.6. The number of fused-ring (bicyclic) bond motifs is 1. The smallest absolute Gasteiger partial charge is 0.268 e. The fraction of sp³-hybridized carbons (Fsp3) is 0.162. The van der Waals surface area contributed by atoms with E-state index in [2.05, 4.69) is 5.10 Å². The van der Waals surface area contributed by atoms with Gasteiger partial charge in [-0.05, 0) is 105 Å². The van der Waals surface area contributed by atoms with Crippen molar-refractivity contribution in [3.05, 3.63) is 130 Å². The summed E-state index contributed by atoms with van der Waals surface area (Å²) in [6.07, 6.45) is 1.24.